The Morgan fingerprint density at radius 1 is 1.10 bits per heavy atom. The van der Waals surface area contributed by atoms with Crippen LogP contribution in [0.2, 0.25) is 0 Å². The van der Waals surface area contributed by atoms with Crippen LogP contribution in [0.1, 0.15) is 11.7 Å². The van der Waals surface area contributed by atoms with Crippen LogP contribution in [0.25, 0.3) is 22.2 Å². The first kappa shape index (κ1) is 19.0. The Kier molecular flexibility index (Phi) is 4.34. The van der Waals surface area contributed by atoms with Crippen molar-refractivity contribution in [1.82, 2.24) is 15.0 Å². The molecule has 0 bridgehead atoms. The van der Waals surface area contributed by atoms with Gasteiger partial charge in [-0.05, 0) is 29.8 Å². The van der Waals surface area contributed by atoms with Crippen molar-refractivity contribution in [1.29, 1.82) is 5.26 Å². The zero-order valence-electron chi connectivity index (χ0n) is 16.3. The lowest BCUT2D eigenvalue weighted by Gasteiger charge is -2.30. The number of benzene rings is 2. The Morgan fingerprint density at radius 3 is 2.68 bits per heavy atom. The highest BCUT2D eigenvalue weighted by atomic mass is 32.2. The molecule has 2 aromatic heterocycles. The zero-order chi connectivity index (χ0) is 21.6. The van der Waals surface area contributed by atoms with Crippen LogP contribution in [0.3, 0.4) is 0 Å². The standard InChI is InChI=1S/C21H15N5O4S/c1-13-25-17-4-3-16(9-20(17)30-13)31(27,28)26-6-7-29-19-5-2-14(8-18(19)26)15-11-23-21(10-22)24-12-15/h2-5,8-9,11-12H,6-7H2,1H3. The second-order valence-electron chi connectivity index (χ2n) is 6.88. The number of aromatic nitrogens is 3. The maximum atomic E-state index is 13.5. The predicted octanol–water partition coefficient (Wildman–Crippen LogP) is 3.05. The number of nitrogens with zero attached hydrogens (tertiary/aromatic N) is 5. The molecule has 0 N–H and O–H groups in total. The van der Waals surface area contributed by atoms with E-state index in [0.717, 1.165) is 0 Å². The van der Waals surface area contributed by atoms with Crippen LogP contribution in [0.15, 0.2) is 58.1 Å². The quantitative estimate of drug-likeness (QED) is 0.483. The predicted molar refractivity (Wildman–Crippen MR) is 111 cm³/mol. The first-order chi connectivity index (χ1) is 15.0. The molecule has 0 saturated carbocycles. The highest BCUT2D eigenvalue weighted by Crippen LogP contribution is 2.38. The number of hydrogen-bond acceptors (Lipinski definition) is 8. The summed E-state index contributed by atoms with van der Waals surface area (Å²) in [6, 6.07) is 11.7. The van der Waals surface area contributed by atoms with Gasteiger partial charge in [0.1, 0.15) is 23.9 Å². The fourth-order valence-electron chi connectivity index (χ4n) is 3.47. The third kappa shape index (κ3) is 3.25. The number of hydrogen-bond donors (Lipinski definition) is 0. The van der Waals surface area contributed by atoms with Gasteiger partial charge in [-0.3, -0.25) is 4.31 Å². The monoisotopic (exact) mass is 433 g/mol. The first-order valence-corrected chi connectivity index (χ1v) is 10.8. The van der Waals surface area contributed by atoms with Crippen LogP contribution in [-0.4, -0.2) is 36.5 Å². The Hall–Kier alpha value is -3.97. The topological polar surface area (TPSA) is 122 Å². The maximum Gasteiger partial charge on any atom is 0.264 e. The minimum atomic E-state index is -3.88. The molecule has 5 rings (SSSR count). The molecule has 0 radical (unpaired) electrons. The summed E-state index contributed by atoms with van der Waals surface area (Å²) in [6.45, 7) is 2.10. The summed E-state index contributed by atoms with van der Waals surface area (Å²) in [5.74, 6) is 0.993. The molecule has 0 fully saturated rings. The van der Waals surface area contributed by atoms with E-state index in [9.17, 15) is 8.42 Å². The lowest BCUT2D eigenvalue weighted by atomic mass is 10.1. The third-order valence-corrected chi connectivity index (χ3v) is 6.73. The number of rotatable bonds is 3. The lowest BCUT2D eigenvalue weighted by Crippen LogP contribution is -2.37. The molecule has 10 heteroatoms. The number of aryl methyl sites for hydroxylation is 1. The summed E-state index contributed by atoms with van der Waals surface area (Å²) in [5, 5.41) is 8.88. The van der Waals surface area contributed by atoms with E-state index in [2.05, 4.69) is 15.0 Å². The highest BCUT2D eigenvalue weighted by Gasteiger charge is 2.31. The van der Waals surface area contributed by atoms with Crippen molar-refractivity contribution in [3.05, 3.63) is 60.5 Å². The molecular formula is C21H15N5O4S. The van der Waals surface area contributed by atoms with Gasteiger partial charge in [0, 0.05) is 30.9 Å². The van der Waals surface area contributed by atoms with Crippen molar-refractivity contribution in [3.63, 3.8) is 0 Å². The van der Waals surface area contributed by atoms with Gasteiger partial charge < -0.3 is 9.15 Å². The minimum absolute atomic E-state index is 0.0623. The van der Waals surface area contributed by atoms with Crippen molar-refractivity contribution >= 4 is 26.8 Å². The van der Waals surface area contributed by atoms with E-state index in [1.807, 2.05) is 6.07 Å². The molecule has 31 heavy (non-hydrogen) atoms. The van der Waals surface area contributed by atoms with Crippen molar-refractivity contribution in [2.24, 2.45) is 0 Å². The van der Waals surface area contributed by atoms with E-state index in [4.69, 9.17) is 14.4 Å². The molecule has 1 aliphatic heterocycles. The van der Waals surface area contributed by atoms with Crippen molar-refractivity contribution in [2.75, 3.05) is 17.5 Å². The van der Waals surface area contributed by atoms with Gasteiger partial charge in [0.2, 0.25) is 5.82 Å². The number of ether oxygens (including phenoxy) is 1. The summed E-state index contributed by atoms with van der Waals surface area (Å²) in [4.78, 5) is 12.3. The average Bonchev–Trinajstić information content (AvgIpc) is 3.17. The fourth-order valence-corrected chi connectivity index (χ4v) is 4.93. The molecule has 0 saturated heterocycles. The molecule has 2 aromatic carbocycles. The van der Waals surface area contributed by atoms with E-state index in [1.54, 1.807) is 31.2 Å². The Labute approximate surface area is 177 Å². The van der Waals surface area contributed by atoms with E-state index < -0.39 is 10.0 Å². The van der Waals surface area contributed by atoms with Crippen molar-refractivity contribution < 1.29 is 17.6 Å². The lowest BCUT2D eigenvalue weighted by molar-refractivity contribution is 0.316. The largest absolute Gasteiger partial charge is 0.489 e. The number of oxazole rings is 1. The van der Waals surface area contributed by atoms with Gasteiger partial charge in [-0.2, -0.15) is 5.26 Å². The van der Waals surface area contributed by atoms with Gasteiger partial charge in [-0.1, -0.05) is 6.07 Å². The van der Waals surface area contributed by atoms with Crippen LogP contribution >= 0.6 is 0 Å². The third-order valence-electron chi connectivity index (χ3n) is 4.92. The van der Waals surface area contributed by atoms with Crippen molar-refractivity contribution in [2.45, 2.75) is 11.8 Å². The molecule has 0 atom stereocenters. The minimum Gasteiger partial charge on any atom is -0.489 e. The van der Waals surface area contributed by atoms with E-state index in [-0.39, 0.29) is 23.9 Å². The van der Waals surface area contributed by atoms with Gasteiger partial charge >= 0.3 is 0 Å². The Bertz CT molecular complexity index is 1460. The normalized spacial score (nSPS) is 13.5. The van der Waals surface area contributed by atoms with Crippen LogP contribution in [0.4, 0.5) is 5.69 Å². The second-order valence-corrected chi connectivity index (χ2v) is 8.74. The second kappa shape index (κ2) is 7.07. The highest BCUT2D eigenvalue weighted by molar-refractivity contribution is 7.92. The van der Waals surface area contributed by atoms with E-state index in [1.165, 1.54) is 28.8 Å². The van der Waals surface area contributed by atoms with Crippen LogP contribution in [-0.2, 0) is 10.0 Å². The zero-order valence-corrected chi connectivity index (χ0v) is 17.1. The van der Waals surface area contributed by atoms with Crippen LogP contribution in [0.5, 0.6) is 5.75 Å². The summed E-state index contributed by atoms with van der Waals surface area (Å²) in [7, 11) is -3.88. The Balaban J connectivity index is 1.58. The van der Waals surface area contributed by atoms with Crippen molar-refractivity contribution in [3.8, 4) is 22.9 Å². The molecule has 1 aliphatic rings. The number of sulfonamides is 1. The summed E-state index contributed by atoms with van der Waals surface area (Å²) < 4.78 is 39.5. The summed E-state index contributed by atoms with van der Waals surface area (Å²) in [6.07, 6.45) is 3.05. The SMILES string of the molecule is Cc1nc2ccc(S(=O)(=O)N3CCOc4ccc(-c5cnc(C#N)nc5)cc43)cc2o1. The molecule has 0 aliphatic carbocycles. The Morgan fingerprint density at radius 2 is 1.90 bits per heavy atom. The summed E-state index contributed by atoms with van der Waals surface area (Å²) >= 11 is 0. The van der Waals surface area contributed by atoms with Gasteiger partial charge in [0.15, 0.2) is 11.5 Å². The van der Waals surface area contributed by atoms with Gasteiger partial charge in [-0.25, -0.2) is 23.4 Å². The van der Waals surface area contributed by atoms with Crippen LogP contribution < -0.4 is 9.04 Å². The van der Waals surface area contributed by atoms with Gasteiger partial charge in [0.05, 0.1) is 17.1 Å². The van der Waals surface area contributed by atoms with Gasteiger partial charge in [0.25, 0.3) is 10.0 Å². The number of fused-ring (bicyclic) bond motifs is 2. The smallest absolute Gasteiger partial charge is 0.264 e. The molecule has 0 amide bonds. The van der Waals surface area contributed by atoms with Gasteiger partial charge in [-0.15, -0.1) is 0 Å². The van der Waals surface area contributed by atoms with Crippen LogP contribution in [0, 0.1) is 18.3 Å². The molecule has 4 aromatic rings. The number of anilines is 1. The number of nitriles is 1. The maximum absolute atomic E-state index is 13.5. The summed E-state index contributed by atoms with van der Waals surface area (Å²) in [5.41, 5.74) is 2.79. The van der Waals surface area contributed by atoms with E-state index >= 15 is 0 Å². The average molecular weight is 433 g/mol. The molecule has 3 heterocycles. The first-order valence-electron chi connectivity index (χ1n) is 9.35. The fraction of sp³-hybridized carbons (Fsp3) is 0.143. The molecule has 0 unspecified atom stereocenters. The molecule has 154 valence electrons. The van der Waals surface area contributed by atoms with E-state index in [0.29, 0.717) is 39.6 Å². The molecule has 0 spiro atoms. The molecular weight excluding hydrogens is 418 g/mol. The molecule has 9 nitrogen and oxygen atoms in total.